The van der Waals surface area contributed by atoms with E-state index in [1.54, 1.807) is 12.4 Å². The second kappa shape index (κ2) is 14.9. The van der Waals surface area contributed by atoms with E-state index >= 15 is 0 Å². The zero-order valence-corrected chi connectivity index (χ0v) is 19.2. The third-order valence-electron chi connectivity index (χ3n) is 5.64. The fourth-order valence-corrected chi connectivity index (χ4v) is 3.54. The molecule has 0 radical (unpaired) electrons. The molecule has 1 saturated heterocycles. The average molecular weight is 434 g/mol. The Morgan fingerprint density at radius 2 is 1.74 bits per heavy atom. The number of rotatable bonds is 16. The molecule has 0 bridgehead atoms. The molecule has 0 amide bonds. The van der Waals surface area contributed by atoms with Crippen molar-refractivity contribution in [3.8, 4) is 0 Å². The average Bonchev–Trinajstić information content (AvgIpc) is 3.34. The van der Waals surface area contributed by atoms with Gasteiger partial charge in [0.1, 0.15) is 11.4 Å². The Labute approximate surface area is 186 Å². The minimum atomic E-state index is -0.585. The summed E-state index contributed by atoms with van der Waals surface area (Å²) in [5.41, 5.74) is 1.22. The van der Waals surface area contributed by atoms with Gasteiger partial charge in [-0.2, -0.15) is 5.10 Å². The van der Waals surface area contributed by atoms with Gasteiger partial charge in [-0.05, 0) is 32.8 Å². The zero-order chi connectivity index (χ0) is 22.2. The van der Waals surface area contributed by atoms with Crippen LogP contribution in [0.1, 0.15) is 83.7 Å². The summed E-state index contributed by atoms with van der Waals surface area (Å²) in [7, 11) is 0. The standard InChI is InChI=1S/C24H39N3O4/c1-21(19-25-22(2)23-11-14-26-27-23)30-15-9-7-5-3-4-6-8-10-16-31-24(20-28)12-17-29-18-13-24/h11,14,19-20H,3-10,12-13,15-18H2,1-2H3,(H,26,27)/b21-19+,25-22?. The van der Waals surface area contributed by atoms with E-state index in [0.29, 0.717) is 32.7 Å². The van der Waals surface area contributed by atoms with Crippen molar-refractivity contribution in [2.24, 2.45) is 4.99 Å². The number of aromatic nitrogens is 2. The summed E-state index contributed by atoms with van der Waals surface area (Å²) >= 11 is 0. The molecule has 1 N–H and O–H groups in total. The lowest BCUT2D eigenvalue weighted by Gasteiger charge is -2.32. The number of unbranched alkanes of at least 4 members (excludes halogenated alkanes) is 7. The molecular weight excluding hydrogens is 394 g/mol. The van der Waals surface area contributed by atoms with Gasteiger partial charge in [-0.3, -0.25) is 10.1 Å². The molecule has 2 rings (SSSR count). The van der Waals surface area contributed by atoms with Crippen LogP contribution in [0.3, 0.4) is 0 Å². The van der Waals surface area contributed by atoms with Crippen LogP contribution in [0.15, 0.2) is 29.2 Å². The number of ether oxygens (including phenoxy) is 3. The van der Waals surface area contributed by atoms with Crippen molar-refractivity contribution in [2.45, 2.75) is 83.7 Å². The Morgan fingerprint density at radius 3 is 2.35 bits per heavy atom. The maximum atomic E-state index is 11.3. The Kier molecular flexibility index (Phi) is 12.2. The lowest BCUT2D eigenvalue weighted by atomic mass is 9.96. The van der Waals surface area contributed by atoms with Crippen LogP contribution in [0.4, 0.5) is 0 Å². The van der Waals surface area contributed by atoms with Gasteiger partial charge in [0.05, 0.1) is 24.2 Å². The third-order valence-corrected chi connectivity index (χ3v) is 5.64. The van der Waals surface area contributed by atoms with Gasteiger partial charge in [0.15, 0.2) is 6.29 Å². The highest BCUT2D eigenvalue weighted by atomic mass is 16.5. The first-order chi connectivity index (χ1) is 15.2. The van der Waals surface area contributed by atoms with Crippen LogP contribution in [-0.4, -0.2) is 54.2 Å². The molecule has 1 aliphatic heterocycles. The molecule has 1 aromatic heterocycles. The van der Waals surface area contributed by atoms with Crippen LogP contribution < -0.4 is 0 Å². The van der Waals surface area contributed by atoms with Crippen molar-refractivity contribution >= 4 is 12.0 Å². The first kappa shape index (κ1) is 25.3. The first-order valence-corrected chi connectivity index (χ1v) is 11.7. The molecule has 1 aromatic rings. The number of carbonyl (C=O) groups is 1. The van der Waals surface area contributed by atoms with E-state index in [1.165, 1.54) is 32.1 Å². The van der Waals surface area contributed by atoms with Crippen LogP contribution in [-0.2, 0) is 19.0 Å². The maximum Gasteiger partial charge on any atom is 0.152 e. The van der Waals surface area contributed by atoms with E-state index in [1.807, 2.05) is 19.9 Å². The van der Waals surface area contributed by atoms with E-state index in [2.05, 4.69) is 15.2 Å². The Morgan fingerprint density at radius 1 is 1.10 bits per heavy atom. The molecule has 1 fully saturated rings. The van der Waals surface area contributed by atoms with Crippen molar-refractivity contribution in [1.82, 2.24) is 10.2 Å². The predicted octanol–water partition coefficient (Wildman–Crippen LogP) is 4.98. The van der Waals surface area contributed by atoms with Gasteiger partial charge in [-0.25, -0.2) is 0 Å². The largest absolute Gasteiger partial charge is 0.497 e. The fraction of sp³-hybridized carbons (Fsp3) is 0.708. The topological polar surface area (TPSA) is 85.8 Å². The summed E-state index contributed by atoms with van der Waals surface area (Å²) < 4.78 is 16.9. The molecule has 7 heteroatoms. The highest BCUT2D eigenvalue weighted by molar-refractivity contribution is 5.97. The van der Waals surface area contributed by atoms with Crippen LogP contribution in [0.25, 0.3) is 0 Å². The second-order valence-corrected chi connectivity index (χ2v) is 8.24. The lowest BCUT2D eigenvalue weighted by molar-refractivity contribution is -0.145. The van der Waals surface area contributed by atoms with Gasteiger partial charge in [0.2, 0.25) is 0 Å². The quantitative estimate of drug-likeness (QED) is 0.172. The Hall–Kier alpha value is -1.99. The molecule has 0 spiro atoms. The Bertz CT molecular complexity index is 664. The zero-order valence-electron chi connectivity index (χ0n) is 19.2. The number of carbonyl (C=O) groups excluding carboxylic acids is 1. The van der Waals surface area contributed by atoms with Crippen molar-refractivity contribution in [3.63, 3.8) is 0 Å². The summed E-state index contributed by atoms with van der Waals surface area (Å²) in [5, 5.41) is 6.82. The molecule has 174 valence electrons. The molecule has 31 heavy (non-hydrogen) atoms. The summed E-state index contributed by atoms with van der Waals surface area (Å²) in [5.74, 6) is 0.832. The molecule has 1 aliphatic rings. The number of aromatic amines is 1. The maximum absolute atomic E-state index is 11.3. The number of aliphatic imine (C=N–C) groups is 1. The second-order valence-electron chi connectivity index (χ2n) is 8.24. The molecule has 7 nitrogen and oxygen atoms in total. The summed E-state index contributed by atoms with van der Waals surface area (Å²) in [4.78, 5) is 15.7. The van der Waals surface area contributed by atoms with Crippen molar-refractivity contribution in [3.05, 3.63) is 29.9 Å². The highest BCUT2D eigenvalue weighted by Gasteiger charge is 2.32. The Balaban J connectivity index is 1.40. The highest BCUT2D eigenvalue weighted by Crippen LogP contribution is 2.23. The molecule has 0 aliphatic carbocycles. The number of nitrogens with zero attached hydrogens (tertiary/aromatic N) is 2. The smallest absolute Gasteiger partial charge is 0.152 e. The summed E-state index contributed by atoms with van der Waals surface area (Å²) in [6.07, 6.45) is 15.3. The van der Waals surface area contributed by atoms with E-state index in [0.717, 1.165) is 49.3 Å². The van der Waals surface area contributed by atoms with Gasteiger partial charge >= 0.3 is 0 Å². The minimum Gasteiger partial charge on any atom is -0.497 e. The summed E-state index contributed by atoms with van der Waals surface area (Å²) in [6.45, 7) is 6.54. The molecule has 0 aromatic carbocycles. The van der Waals surface area contributed by atoms with Crippen LogP contribution in [0, 0.1) is 0 Å². The summed E-state index contributed by atoms with van der Waals surface area (Å²) in [6, 6.07) is 1.90. The molecule has 0 atom stereocenters. The van der Waals surface area contributed by atoms with Crippen molar-refractivity contribution in [2.75, 3.05) is 26.4 Å². The number of hydrogen-bond donors (Lipinski definition) is 1. The van der Waals surface area contributed by atoms with Crippen LogP contribution in [0.2, 0.25) is 0 Å². The van der Waals surface area contributed by atoms with Gasteiger partial charge < -0.3 is 19.0 Å². The van der Waals surface area contributed by atoms with Gasteiger partial charge in [-0.15, -0.1) is 0 Å². The number of allylic oxidation sites excluding steroid dienone is 1. The van der Waals surface area contributed by atoms with Gasteiger partial charge in [0, 0.05) is 38.9 Å². The van der Waals surface area contributed by atoms with Crippen molar-refractivity contribution < 1.29 is 19.0 Å². The van der Waals surface area contributed by atoms with Crippen LogP contribution in [0.5, 0.6) is 0 Å². The third kappa shape index (κ3) is 10.2. The minimum absolute atomic E-state index is 0.585. The number of aldehydes is 1. The monoisotopic (exact) mass is 433 g/mol. The number of H-pyrrole nitrogens is 1. The molecular formula is C24H39N3O4. The SMILES string of the molecule is CC(=N/C=C(\C)OCCCCCCCCCCOC1(C=O)CCOCC1)c1ccn[nH]1. The molecule has 0 saturated carbocycles. The predicted molar refractivity (Wildman–Crippen MR) is 122 cm³/mol. The van der Waals surface area contributed by atoms with E-state index in [9.17, 15) is 4.79 Å². The number of hydrogen-bond acceptors (Lipinski definition) is 6. The molecule has 0 unspecified atom stereocenters. The normalized spacial score (nSPS) is 17.0. The first-order valence-electron chi connectivity index (χ1n) is 11.7. The van der Waals surface area contributed by atoms with Crippen LogP contribution >= 0.6 is 0 Å². The van der Waals surface area contributed by atoms with Gasteiger partial charge in [-0.1, -0.05) is 38.5 Å². The van der Waals surface area contributed by atoms with E-state index in [4.69, 9.17) is 14.2 Å². The number of nitrogens with one attached hydrogen (secondary N) is 1. The molecule has 2 heterocycles. The van der Waals surface area contributed by atoms with Gasteiger partial charge in [0.25, 0.3) is 0 Å². The van der Waals surface area contributed by atoms with E-state index in [-0.39, 0.29) is 0 Å². The van der Waals surface area contributed by atoms with Crippen molar-refractivity contribution in [1.29, 1.82) is 0 Å². The lowest BCUT2D eigenvalue weighted by Crippen LogP contribution is -2.40. The van der Waals surface area contributed by atoms with E-state index < -0.39 is 5.60 Å². The fourth-order valence-electron chi connectivity index (χ4n) is 3.54.